The second kappa shape index (κ2) is 6.35. The van der Waals surface area contributed by atoms with E-state index in [9.17, 15) is 4.79 Å². The lowest BCUT2D eigenvalue weighted by Gasteiger charge is -2.20. The number of rotatable bonds is 4. The van der Waals surface area contributed by atoms with Crippen LogP contribution in [0.5, 0.6) is 0 Å². The molecular formula is C14H21N3O3. The van der Waals surface area contributed by atoms with E-state index < -0.39 is 0 Å². The van der Waals surface area contributed by atoms with Crippen LogP contribution in [-0.4, -0.2) is 22.7 Å². The zero-order chi connectivity index (χ0) is 13.8. The monoisotopic (exact) mass is 279 g/mol. The summed E-state index contributed by atoms with van der Waals surface area (Å²) in [7, 11) is 0. The van der Waals surface area contributed by atoms with Gasteiger partial charge >= 0.3 is 0 Å². The quantitative estimate of drug-likeness (QED) is 0.913. The number of ether oxygens (including phenoxy) is 1. The number of nitrogens with one attached hydrogen (secondary N) is 1. The molecule has 1 N–H and O–H groups in total. The number of amides is 1. The highest BCUT2D eigenvalue weighted by molar-refractivity contribution is 5.78. The van der Waals surface area contributed by atoms with Crippen molar-refractivity contribution in [2.45, 2.75) is 57.6 Å². The lowest BCUT2D eigenvalue weighted by molar-refractivity contribution is -0.126. The number of hydrogen-bond donors (Lipinski definition) is 1. The largest absolute Gasteiger partial charge is 0.368 e. The van der Waals surface area contributed by atoms with Crippen LogP contribution in [0.15, 0.2) is 4.52 Å². The van der Waals surface area contributed by atoms with E-state index in [-0.39, 0.29) is 17.9 Å². The molecule has 1 aromatic rings. The topological polar surface area (TPSA) is 77.2 Å². The van der Waals surface area contributed by atoms with Crippen LogP contribution in [0.3, 0.4) is 0 Å². The van der Waals surface area contributed by atoms with Gasteiger partial charge in [-0.25, -0.2) is 0 Å². The highest BCUT2D eigenvalue weighted by Crippen LogP contribution is 2.27. The number of nitrogens with zero attached hydrogens (tertiary/aromatic N) is 2. The molecule has 1 aliphatic carbocycles. The SMILES string of the molecule is O=C(NCc1noc(C2CCCO2)n1)C1CCCCC1. The number of carbonyl (C=O) groups is 1. The van der Waals surface area contributed by atoms with E-state index in [1.165, 1.54) is 6.42 Å². The van der Waals surface area contributed by atoms with Crippen molar-refractivity contribution in [1.82, 2.24) is 15.5 Å². The molecule has 0 bridgehead atoms. The molecule has 2 heterocycles. The smallest absolute Gasteiger partial charge is 0.255 e. The van der Waals surface area contributed by atoms with Gasteiger partial charge in [0.05, 0.1) is 6.54 Å². The predicted octanol–water partition coefficient (Wildman–Crippen LogP) is 2.12. The van der Waals surface area contributed by atoms with Gasteiger partial charge in [0.2, 0.25) is 5.91 Å². The van der Waals surface area contributed by atoms with Crippen LogP contribution in [0.25, 0.3) is 0 Å². The van der Waals surface area contributed by atoms with Gasteiger partial charge in [0.1, 0.15) is 6.10 Å². The summed E-state index contributed by atoms with van der Waals surface area (Å²) in [6.07, 6.45) is 7.45. The Balaban J connectivity index is 1.49. The molecule has 6 heteroatoms. The fourth-order valence-corrected chi connectivity index (χ4v) is 2.92. The number of aromatic nitrogens is 2. The first-order valence-corrected chi connectivity index (χ1v) is 7.55. The fraction of sp³-hybridized carbons (Fsp3) is 0.786. The van der Waals surface area contributed by atoms with E-state index in [4.69, 9.17) is 9.26 Å². The predicted molar refractivity (Wildman–Crippen MR) is 70.6 cm³/mol. The summed E-state index contributed by atoms with van der Waals surface area (Å²) in [5.74, 6) is 1.34. The molecule has 110 valence electrons. The highest BCUT2D eigenvalue weighted by atomic mass is 16.5. The molecule has 0 radical (unpaired) electrons. The second-order valence-corrected chi connectivity index (χ2v) is 5.60. The van der Waals surface area contributed by atoms with Crippen molar-refractivity contribution < 1.29 is 14.1 Å². The molecule has 1 aliphatic heterocycles. The van der Waals surface area contributed by atoms with Crippen LogP contribution in [-0.2, 0) is 16.1 Å². The van der Waals surface area contributed by atoms with Crippen LogP contribution >= 0.6 is 0 Å². The average Bonchev–Trinajstić information content (AvgIpc) is 3.16. The van der Waals surface area contributed by atoms with Crippen LogP contribution in [0.2, 0.25) is 0 Å². The van der Waals surface area contributed by atoms with Crippen LogP contribution in [0.4, 0.5) is 0 Å². The van der Waals surface area contributed by atoms with Gasteiger partial charge in [0.15, 0.2) is 5.82 Å². The molecule has 6 nitrogen and oxygen atoms in total. The van der Waals surface area contributed by atoms with Crippen LogP contribution in [0.1, 0.15) is 62.8 Å². The Morgan fingerprint density at radius 3 is 2.80 bits per heavy atom. The summed E-state index contributed by atoms with van der Waals surface area (Å²) in [5, 5.41) is 6.80. The molecule has 1 saturated carbocycles. The maximum absolute atomic E-state index is 12.0. The van der Waals surface area contributed by atoms with Gasteiger partial charge in [0.25, 0.3) is 5.89 Å². The molecule has 20 heavy (non-hydrogen) atoms. The summed E-state index contributed by atoms with van der Waals surface area (Å²) < 4.78 is 10.7. The van der Waals surface area contributed by atoms with Crippen molar-refractivity contribution in [2.75, 3.05) is 6.61 Å². The Bertz CT molecular complexity index is 448. The maximum Gasteiger partial charge on any atom is 0.255 e. The minimum Gasteiger partial charge on any atom is -0.368 e. The van der Waals surface area contributed by atoms with E-state index in [1.54, 1.807) is 0 Å². The van der Waals surface area contributed by atoms with E-state index >= 15 is 0 Å². The van der Waals surface area contributed by atoms with Crippen molar-refractivity contribution in [2.24, 2.45) is 5.92 Å². The van der Waals surface area contributed by atoms with Crippen LogP contribution < -0.4 is 5.32 Å². The molecule has 1 unspecified atom stereocenters. The third-order valence-corrected chi connectivity index (χ3v) is 4.09. The van der Waals surface area contributed by atoms with E-state index in [0.717, 1.165) is 45.1 Å². The molecule has 2 aliphatic rings. The minimum atomic E-state index is -0.0645. The molecule has 1 aromatic heterocycles. The first-order chi connectivity index (χ1) is 9.83. The second-order valence-electron chi connectivity index (χ2n) is 5.60. The number of hydrogen-bond acceptors (Lipinski definition) is 5. The first kappa shape index (κ1) is 13.5. The van der Waals surface area contributed by atoms with Gasteiger partial charge in [0, 0.05) is 12.5 Å². The summed E-state index contributed by atoms with van der Waals surface area (Å²) >= 11 is 0. The number of carbonyl (C=O) groups excluding carboxylic acids is 1. The average molecular weight is 279 g/mol. The molecule has 2 fully saturated rings. The third-order valence-electron chi connectivity index (χ3n) is 4.09. The molecular weight excluding hydrogens is 258 g/mol. The third kappa shape index (κ3) is 3.17. The Hall–Kier alpha value is -1.43. The Kier molecular flexibility index (Phi) is 4.30. The van der Waals surface area contributed by atoms with Crippen molar-refractivity contribution in [3.05, 3.63) is 11.7 Å². The lowest BCUT2D eigenvalue weighted by Crippen LogP contribution is -2.31. The van der Waals surface area contributed by atoms with Gasteiger partial charge < -0.3 is 14.6 Å². The molecule has 1 atom stereocenters. The zero-order valence-electron chi connectivity index (χ0n) is 11.6. The summed E-state index contributed by atoms with van der Waals surface area (Å²) in [4.78, 5) is 16.3. The van der Waals surface area contributed by atoms with E-state index in [2.05, 4.69) is 15.5 Å². The highest BCUT2D eigenvalue weighted by Gasteiger charge is 2.24. The summed E-state index contributed by atoms with van der Waals surface area (Å²) in [5.41, 5.74) is 0. The lowest BCUT2D eigenvalue weighted by atomic mass is 9.89. The first-order valence-electron chi connectivity index (χ1n) is 7.55. The van der Waals surface area contributed by atoms with Gasteiger partial charge in [-0.15, -0.1) is 0 Å². The summed E-state index contributed by atoms with van der Waals surface area (Å²) in [6.45, 7) is 1.09. The molecule has 0 aromatic carbocycles. The van der Waals surface area contributed by atoms with Gasteiger partial charge in [-0.1, -0.05) is 24.4 Å². The van der Waals surface area contributed by atoms with Crippen molar-refractivity contribution >= 4 is 5.91 Å². The van der Waals surface area contributed by atoms with Crippen molar-refractivity contribution in [3.63, 3.8) is 0 Å². The van der Waals surface area contributed by atoms with E-state index in [1.807, 2.05) is 0 Å². The Morgan fingerprint density at radius 2 is 2.05 bits per heavy atom. The molecule has 0 spiro atoms. The minimum absolute atomic E-state index is 0.0645. The molecule has 1 saturated heterocycles. The molecule has 1 amide bonds. The standard InChI is InChI=1S/C14H21N3O3/c18-13(10-5-2-1-3-6-10)15-9-12-16-14(20-17-12)11-7-4-8-19-11/h10-11H,1-9H2,(H,15,18). The van der Waals surface area contributed by atoms with Crippen LogP contribution in [0, 0.1) is 5.92 Å². The zero-order valence-corrected chi connectivity index (χ0v) is 11.6. The fourth-order valence-electron chi connectivity index (χ4n) is 2.92. The van der Waals surface area contributed by atoms with Crippen molar-refractivity contribution in [1.29, 1.82) is 0 Å². The van der Waals surface area contributed by atoms with Gasteiger partial charge in [-0.2, -0.15) is 4.98 Å². The van der Waals surface area contributed by atoms with E-state index in [0.29, 0.717) is 18.3 Å². The van der Waals surface area contributed by atoms with Crippen molar-refractivity contribution in [3.8, 4) is 0 Å². The Labute approximate surface area is 118 Å². The Morgan fingerprint density at radius 1 is 1.20 bits per heavy atom. The maximum atomic E-state index is 12.0. The summed E-state index contributed by atoms with van der Waals surface area (Å²) in [6, 6.07) is 0. The molecule has 3 rings (SSSR count). The normalized spacial score (nSPS) is 23.9. The van der Waals surface area contributed by atoms with Gasteiger partial charge in [-0.3, -0.25) is 4.79 Å². The van der Waals surface area contributed by atoms with Gasteiger partial charge in [-0.05, 0) is 25.7 Å².